The van der Waals surface area contributed by atoms with Crippen LogP contribution < -0.4 is 4.74 Å². The van der Waals surface area contributed by atoms with E-state index in [0.29, 0.717) is 5.88 Å². The molecule has 0 spiro atoms. The normalized spacial score (nSPS) is 11.4. The molecule has 0 saturated carbocycles. The molecule has 22 heavy (non-hydrogen) atoms. The maximum absolute atomic E-state index is 5.23. The molecule has 6 nitrogen and oxygen atoms in total. The number of aryl methyl sites for hydroxylation is 2. The average Bonchev–Trinajstić information content (AvgIpc) is 3.05. The Balaban J connectivity index is 1.97. The summed E-state index contributed by atoms with van der Waals surface area (Å²) in [5, 5.41) is 4.00. The van der Waals surface area contributed by atoms with Gasteiger partial charge < -0.3 is 14.2 Å². The summed E-state index contributed by atoms with van der Waals surface area (Å²) in [7, 11) is 1.60. The van der Waals surface area contributed by atoms with Crippen molar-refractivity contribution in [3.8, 4) is 17.0 Å². The second-order valence-corrected chi connectivity index (χ2v) is 5.19. The van der Waals surface area contributed by atoms with Crippen LogP contribution in [0.15, 0.2) is 28.9 Å². The van der Waals surface area contributed by atoms with Crippen LogP contribution in [0.3, 0.4) is 0 Å². The van der Waals surface area contributed by atoms with Crippen molar-refractivity contribution in [2.24, 2.45) is 0 Å². The van der Waals surface area contributed by atoms with Gasteiger partial charge in [-0.15, -0.1) is 0 Å². The van der Waals surface area contributed by atoms with Gasteiger partial charge in [0.15, 0.2) is 0 Å². The summed E-state index contributed by atoms with van der Waals surface area (Å²) in [5.74, 6) is 1.36. The number of hydrogen-bond acceptors (Lipinski definition) is 5. The first-order valence-corrected chi connectivity index (χ1v) is 6.93. The van der Waals surface area contributed by atoms with E-state index in [2.05, 4.69) is 20.1 Å². The Hall–Kier alpha value is -2.89. The zero-order chi connectivity index (χ0) is 15.3. The van der Waals surface area contributed by atoms with Gasteiger partial charge in [0.25, 0.3) is 0 Å². The lowest BCUT2D eigenvalue weighted by Crippen LogP contribution is -1.87. The maximum atomic E-state index is 5.23. The third-order valence-electron chi connectivity index (χ3n) is 3.78. The number of aromatic nitrogens is 4. The number of fused-ring (bicyclic) bond motifs is 3. The number of nitrogens with one attached hydrogen (secondary N) is 1. The van der Waals surface area contributed by atoms with Gasteiger partial charge in [0, 0.05) is 23.4 Å². The maximum Gasteiger partial charge on any atom is 0.213 e. The highest BCUT2D eigenvalue weighted by Crippen LogP contribution is 2.30. The van der Waals surface area contributed by atoms with Crippen LogP contribution in [0.2, 0.25) is 0 Å². The van der Waals surface area contributed by atoms with Crippen LogP contribution in [-0.2, 0) is 0 Å². The molecule has 0 aliphatic heterocycles. The van der Waals surface area contributed by atoms with E-state index in [-0.39, 0.29) is 0 Å². The molecule has 0 aliphatic rings. The van der Waals surface area contributed by atoms with Gasteiger partial charge in [0.05, 0.1) is 23.8 Å². The van der Waals surface area contributed by atoms with Crippen molar-refractivity contribution in [2.75, 3.05) is 7.11 Å². The number of pyridine rings is 2. The molecule has 4 rings (SSSR count). The number of aromatic amines is 1. The Morgan fingerprint density at radius 3 is 2.73 bits per heavy atom. The number of methoxy groups -OCH3 is 1. The Morgan fingerprint density at radius 1 is 1.14 bits per heavy atom. The minimum absolute atomic E-state index is 0.574. The van der Waals surface area contributed by atoms with Crippen LogP contribution in [0.1, 0.15) is 11.5 Å². The minimum atomic E-state index is 0.574. The van der Waals surface area contributed by atoms with Crippen LogP contribution in [0.25, 0.3) is 33.2 Å². The van der Waals surface area contributed by atoms with Crippen molar-refractivity contribution in [3.05, 3.63) is 35.9 Å². The molecule has 1 N–H and O–H groups in total. The fraction of sp³-hybridized carbons (Fsp3) is 0.188. The molecule has 0 aliphatic carbocycles. The standard InChI is InChI=1S/C16H14N4O2/c1-8-14(9(2)22-20-8)10-6-12-15(17-7-10)16-11(18-12)4-5-13(19-16)21-3/h4-7,18H,1-3H3. The van der Waals surface area contributed by atoms with E-state index in [1.54, 1.807) is 7.11 Å². The Kier molecular flexibility index (Phi) is 2.66. The van der Waals surface area contributed by atoms with Gasteiger partial charge in [-0.3, -0.25) is 4.98 Å². The average molecular weight is 294 g/mol. The smallest absolute Gasteiger partial charge is 0.213 e. The molecule has 0 saturated heterocycles. The van der Waals surface area contributed by atoms with Gasteiger partial charge in [-0.05, 0) is 26.0 Å². The molecule has 0 atom stereocenters. The first-order valence-electron chi connectivity index (χ1n) is 6.93. The summed E-state index contributed by atoms with van der Waals surface area (Å²) in [6.45, 7) is 3.82. The number of H-pyrrole nitrogens is 1. The van der Waals surface area contributed by atoms with Crippen molar-refractivity contribution in [2.45, 2.75) is 13.8 Å². The molecule has 0 aromatic carbocycles. The van der Waals surface area contributed by atoms with Crippen LogP contribution in [0.4, 0.5) is 0 Å². The monoisotopic (exact) mass is 294 g/mol. The summed E-state index contributed by atoms with van der Waals surface area (Å²) in [6.07, 6.45) is 1.82. The van der Waals surface area contributed by atoms with Gasteiger partial charge >= 0.3 is 0 Å². The highest BCUT2D eigenvalue weighted by atomic mass is 16.5. The number of ether oxygens (including phenoxy) is 1. The summed E-state index contributed by atoms with van der Waals surface area (Å²) < 4.78 is 10.4. The first kappa shape index (κ1) is 12.8. The number of hydrogen-bond donors (Lipinski definition) is 1. The fourth-order valence-corrected chi connectivity index (χ4v) is 2.76. The van der Waals surface area contributed by atoms with Gasteiger partial charge in [-0.1, -0.05) is 5.16 Å². The number of nitrogens with zero attached hydrogens (tertiary/aromatic N) is 3. The van der Waals surface area contributed by atoms with Crippen molar-refractivity contribution in [1.29, 1.82) is 0 Å². The van der Waals surface area contributed by atoms with E-state index in [9.17, 15) is 0 Å². The van der Waals surface area contributed by atoms with Gasteiger partial charge in [0.2, 0.25) is 5.88 Å². The topological polar surface area (TPSA) is 76.8 Å². The Labute approximate surface area is 126 Å². The van der Waals surface area contributed by atoms with Crippen molar-refractivity contribution >= 4 is 22.1 Å². The van der Waals surface area contributed by atoms with E-state index in [1.165, 1.54) is 0 Å². The SMILES string of the molecule is COc1ccc2[nH]c3cc(-c4c(C)noc4C)cnc3c2n1. The van der Waals surface area contributed by atoms with E-state index >= 15 is 0 Å². The summed E-state index contributed by atoms with van der Waals surface area (Å²) >= 11 is 0. The van der Waals surface area contributed by atoms with Crippen molar-refractivity contribution < 1.29 is 9.26 Å². The molecule has 110 valence electrons. The largest absolute Gasteiger partial charge is 0.481 e. The lowest BCUT2D eigenvalue weighted by molar-refractivity contribution is 0.393. The molecule has 0 bridgehead atoms. The first-order chi connectivity index (χ1) is 10.7. The number of rotatable bonds is 2. The molecule has 0 fully saturated rings. The van der Waals surface area contributed by atoms with Gasteiger partial charge in [-0.25, -0.2) is 4.98 Å². The molecule has 4 aromatic rings. The quantitative estimate of drug-likeness (QED) is 0.613. The summed E-state index contributed by atoms with van der Waals surface area (Å²) in [5.41, 5.74) is 6.30. The predicted molar refractivity (Wildman–Crippen MR) is 82.9 cm³/mol. The van der Waals surface area contributed by atoms with E-state index < -0.39 is 0 Å². The molecule has 0 unspecified atom stereocenters. The van der Waals surface area contributed by atoms with Crippen LogP contribution in [-0.4, -0.2) is 27.2 Å². The molecular formula is C16H14N4O2. The summed E-state index contributed by atoms with van der Waals surface area (Å²) in [6, 6.07) is 5.81. The second-order valence-electron chi connectivity index (χ2n) is 5.19. The van der Waals surface area contributed by atoms with E-state index in [0.717, 1.165) is 44.6 Å². The molecular weight excluding hydrogens is 280 g/mol. The Morgan fingerprint density at radius 2 is 2.00 bits per heavy atom. The molecule has 4 aromatic heterocycles. The summed E-state index contributed by atoms with van der Waals surface area (Å²) in [4.78, 5) is 12.4. The zero-order valence-electron chi connectivity index (χ0n) is 12.5. The third kappa shape index (κ3) is 1.77. The van der Waals surface area contributed by atoms with E-state index in [1.807, 2.05) is 38.2 Å². The van der Waals surface area contributed by atoms with Gasteiger partial charge in [0.1, 0.15) is 16.8 Å². The van der Waals surface area contributed by atoms with Crippen molar-refractivity contribution in [3.63, 3.8) is 0 Å². The van der Waals surface area contributed by atoms with Crippen LogP contribution in [0.5, 0.6) is 5.88 Å². The van der Waals surface area contributed by atoms with Crippen LogP contribution in [0, 0.1) is 13.8 Å². The lowest BCUT2D eigenvalue weighted by atomic mass is 10.1. The highest BCUT2D eigenvalue weighted by molar-refractivity contribution is 6.03. The lowest BCUT2D eigenvalue weighted by Gasteiger charge is -2.00. The molecule has 6 heteroatoms. The minimum Gasteiger partial charge on any atom is -0.481 e. The van der Waals surface area contributed by atoms with E-state index in [4.69, 9.17) is 9.26 Å². The zero-order valence-corrected chi connectivity index (χ0v) is 12.5. The molecule has 4 heterocycles. The second kappa shape index (κ2) is 4.56. The highest BCUT2D eigenvalue weighted by Gasteiger charge is 2.14. The third-order valence-corrected chi connectivity index (χ3v) is 3.78. The van der Waals surface area contributed by atoms with Crippen LogP contribution >= 0.6 is 0 Å². The van der Waals surface area contributed by atoms with Crippen molar-refractivity contribution in [1.82, 2.24) is 20.1 Å². The Bertz CT molecular complexity index is 981. The predicted octanol–water partition coefficient (Wildman–Crippen LogP) is 3.39. The molecule has 0 amide bonds. The molecule has 0 radical (unpaired) electrons. The van der Waals surface area contributed by atoms with Gasteiger partial charge in [-0.2, -0.15) is 0 Å². The fourth-order valence-electron chi connectivity index (χ4n) is 2.76.